The van der Waals surface area contributed by atoms with Crippen LogP contribution in [0.4, 0.5) is 5.82 Å². The van der Waals surface area contributed by atoms with E-state index in [0.29, 0.717) is 12.1 Å². The van der Waals surface area contributed by atoms with Crippen molar-refractivity contribution in [3.63, 3.8) is 0 Å². The average Bonchev–Trinajstić information content (AvgIpc) is 2.98. The summed E-state index contributed by atoms with van der Waals surface area (Å²) >= 11 is 0. The van der Waals surface area contributed by atoms with Crippen LogP contribution in [0.2, 0.25) is 0 Å². The van der Waals surface area contributed by atoms with Crippen LogP contribution in [0.5, 0.6) is 0 Å². The molecule has 0 fully saturated rings. The molecular weight excluding hydrogens is 254 g/mol. The first-order valence-corrected chi connectivity index (χ1v) is 6.75. The maximum atomic E-state index is 12.0. The number of amides is 1. The number of H-pyrrole nitrogens is 1. The van der Waals surface area contributed by atoms with Gasteiger partial charge in [-0.05, 0) is 18.6 Å². The molecule has 20 heavy (non-hydrogen) atoms. The fourth-order valence-corrected chi connectivity index (χ4v) is 1.76. The van der Waals surface area contributed by atoms with E-state index in [4.69, 9.17) is 0 Å². The zero-order valence-electron chi connectivity index (χ0n) is 11.5. The fraction of sp³-hybridized carbons (Fsp3) is 0.357. The summed E-state index contributed by atoms with van der Waals surface area (Å²) in [6.07, 6.45) is 6.78. The summed E-state index contributed by atoms with van der Waals surface area (Å²) < 4.78 is 0. The number of carbonyl (C=O) groups excluding carboxylic acids is 1. The Morgan fingerprint density at radius 2 is 2.30 bits per heavy atom. The summed E-state index contributed by atoms with van der Waals surface area (Å²) in [5, 5.41) is 6.04. The van der Waals surface area contributed by atoms with Crippen LogP contribution in [0.15, 0.2) is 30.9 Å². The summed E-state index contributed by atoms with van der Waals surface area (Å²) in [4.78, 5) is 23.1. The molecule has 0 spiro atoms. The number of rotatable bonds is 7. The van der Waals surface area contributed by atoms with Crippen molar-refractivity contribution in [3.05, 3.63) is 42.1 Å². The minimum Gasteiger partial charge on any atom is -0.370 e. The van der Waals surface area contributed by atoms with Gasteiger partial charge in [-0.2, -0.15) is 0 Å². The number of nitrogens with zero attached hydrogens (tertiary/aromatic N) is 2. The third-order valence-electron chi connectivity index (χ3n) is 2.81. The number of imidazole rings is 1. The molecule has 0 aliphatic heterocycles. The monoisotopic (exact) mass is 273 g/mol. The first-order valence-electron chi connectivity index (χ1n) is 6.75. The van der Waals surface area contributed by atoms with Crippen LogP contribution in [0.25, 0.3) is 0 Å². The highest BCUT2D eigenvalue weighted by atomic mass is 16.1. The Bertz CT molecular complexity index is 538. The number of hydrogen-bond donors (Lipinski definition) is 3. The molecule has 0 atom stereocenters. The average molecular weight is 273 g/mol. The van der Waals surface area contributed by atoms with E-state index in [-0.39, 0.29) is 5.91 Å². The third kappa shape index (κ3) is 4.08. The molecule has 6 heteroatoms. The number of pyridine rings is 1. The van der Waals surface area contributed by atoms with Gasteiger partial charge in [0.25, 0.3) is 5.91 Å². The zero-order chi connectivity index (χ0) is 14.2. The Morgan fingerprint density at radius 1 is 1.40 bits per heavy atom. The van der Waals surface area contributed by atoms with Crippen molar-refractivity contribution in [2.24, 2.45) is 0 Å². The topological polar surface area (TPSA) is 82.7 Å². The van der Waals surface area contributed by atoms with E-state index in [0.717, 1.165) is 30.9 Å². The molecule has 6 nitrogen and oxygen atoms in total. The van der Waals surface area contributed by atoms with Gasteiger partial charge >= 0.3 is 0 Å². The van der Waals surface area contributed by atoms with Gasteiger partial charge in [0.2, 0.25) is 0 Å². The molecule has 106 valence electrons. The molecule has 0 saturated carbocycles. The lowest BCUT2D eigenvalue weighted by Crippen LogP contribution is -2.25. The van der Waals surface area contributed by atoms with Gasteiger partial charge in [0.05, 0.1) is 6.33 Å². The normalized spacial score (nSPS) is 10.2. The molecule has 0 aliphatic carbocycles. The van der Waals surface area contributed by atoms with Crippen molar-refractivity contribution >= 4 is 11.7 Å². The number of anilines is 1. The molecule has 1 amide bonds. The van der Waals surface area contributed by atoms with Crippen LogP contribution in [0, 0.1) is 0 Å². The van der Waals surface area contributed by atoms with Crippen LogP contribution in [0.1, 0.15) is 29.4 Å². The summed E-state index contributed by atoms with van der Waals surface area (Å²) in [6, 6.07) is 3.48. The van der Waals surface area contributed by atoms with Crippen molar-refractivity contribution in [2.45, 2.75) is 19.8 Å². The largest absolute Gasteiger partial charge is 0.370 e. The van der Waals surface area contributed by atoms with E-state index in [1.165, 1.54) is 0 Å². The lowest BCUT2D eigenvalue weighted by molar-refractivity contribution is 0.0954. The van der Waals surface area contributed by atoms with E-state index < -0.39 is 0 Å². The van der Waals surface area contributed by atoms with E-state index >= 15 is 0 Å². The molecule has 0 radical (unpaired) electrons. The summed E-state index contributed by atoms with van der Waals surface area (Å²) in [7, 11) is 0. The lowest BCUT2D eigenvalue weighted by atomic mass is 10.2. The van der Waals surface area contributed by atoms with Crippen molar-refractivity contribution in [2.75, 3.05) is 18.4 Å². The van der Waals surface area contributed by atoms with Gasteiger partial charge in [-0.1, -0.05) is 6.92 Å². The SMILES string of the molecule is CCCNc1cc(C(=O)NCCc2cnc[nH]2)ccn1. The first kappa shape index (κ1) is 14.0. The maximum absolute atomic E-state index is 12.0. The van der Waals surface area contributed by atoms with Crippen molar-refractivity contribution < 1.29 is 4.79 Å². The molecule has 0 bridgehead atoms. The van der Waals surface area contributed by atoms with Gasteiger partial charge in [-0.3, -0.25) is 4.79 Å². The summed E-state index contributed by atoms with van der Waals surface area (Å²) in [6.45, 7) is 3.50. The Kier molecular flexibility index (Phi) is 5.11. The fourth-order valence-electron chi connectivity index (χ4n) is 1.76. The zero-order valence-corrected chi connectivity index (χ0v) is 11.5. The van der Waals surface area contributed by atoms with Crippen LogP contribution in [0.3, 0.4) is 0 Å². The molecule has 0 unspecified atom stereocenters. The number of aromatic amines is 1. The van der Waals surface area contributed by atoms with Crippen molar-refractivity contribution in [1.82, 2.24) is 20.3 Å². The van der Waals surface area contributed by atoms with Crippen molar-refractivity contribution in [3.8, 4) is 0 Å². The van der Waals surface area contributed by atoms with Gasteiger partial charge in [-0.15, -0.1) is 0 Å². The second kappa shape index (κ2) is 7.28. The quantitative estimate of drug-likeness (QED) is 0.715. The molecular formula is C14H19N5O. The predicted molar refractivity (Wildman–Crippen MR) is 77.6 cm³/mol. The Hall–Kier alpha value is -2.37. The van der Waals surface area contributed by atoms with E-state index in [9.17, 15) is 4.79 Å². The van der Waals surface area contributed by atoms with Gasteiger partial charge < -0.3 is 15.6 Å². The minimum absolute atomic E-state index is 0.0912. The molecule has 2 heterocycles. The second-order valence-corrected chi connectivity index (χ2v) is 4.44. The Balaban J connectivity index is 1.85. The van der Waals surface area contributed by atoms with Crippen molar-refractivity contribution in [1.29, 1.82) is 0 Å². The predicted octanol–water partition coefficient (Wildman–Crippen LogP) is 1.60. The van der Waals surface area contributed by atoms with Gasteiger partial charge in [0, 0.05) is 43.2 Å². The Labute approximate surface area is 118 Å². The molecule has 3 N–H and O–H groups in total. The molecule has 0 saturated heterocycles. The van der Waals surface area contributed by atoms with Gasteiger partial charge in [0.1, 0.15) is 5.82 Å². The maximum Gasteiger partial charge on any atom is 0.251 e. The van der Waals surface area contributed by atoms with Crippen LogP contribution >= 0.6 is 0 Å². The first-order chi connectivity index (χ1) is 9.79. The standard InChI is InChI=1S/C14H19N5O/c1-2-5-16-13-8-11(3-6-17-13)14(20)18-7-4-12-9-15-10-19-12/h3,6,8-10H,2,4-5,7H2,1H3,(H,15,19)(H,16,17)(H,18,20). The summed E-state index contributed by atoms with van der Waals surface area (Å²) in [5.41, 5.74) is 1.62. The van der Waals surface area contributed by atoms with E-state index in [1.807, 2.05) is 0 Å². The van der Waals surface area contributed by atoms with Gasteiger partial charge in [-0.25, -0.2) is 9.97 Å². The second-order valence-electron chi connectivity index (χ2n) is 4.44. The highest BCUT2D eigenvalue weighted by Gasteiger charge is 2.06. The molecule has 0 aromatic carbocycles. The van der Waals surface area contributed by atoms with E-state index in [2.05, 4.69) is 32.5 Å². The third-order valence-corrected chi connectivity index (χ3v) is 2.81. The number of carbonyl (C=O) groups is 1. The van der Waals surface area contributed by atoms with Crippen LogP contribution in [-0.2, 0) is 6.42 Å². The number of nitrogens with one attached hydrogen (secondary N) is 3. The highest BCUT2D eigenvalue weighted by Crippen LogP contribution is 2.06. The van der Waals surface area contributed by atoms with Crippen LogP contribution in [-0.4, -0.2) is 33.9 Å². The molecule has 2 aromatic rings. The molecule has 0 aliphatic rings. The molecule has 2 aromatic heterocycles. The summed E-state index contributed by atoms with van der Waals surface area (Å²) in [5.74, 6) is 0.638. The lowest BCUT2D eigenvalue weighted by Gasteiger charge is -2.07. The minimum atomic E-state index is -0.0912. The van der Waals surface area contributed by atoms with Crippen LogP contribution < -0.4 is 10.6 Å². The number of hydrogen-bond acceptors (Lipinski definition) is 4. The van der Waals surface area contributed by atoms with Gasteiger partial charge in [0.15, 0.2) is 0 Å². The Morgan fingerprint density at radius 3 is 3.05 bits per heavy atom. The highest BCUT2D eigenvalue weighted by molar-refractivity contribution is 5.94. The number of aromatic nitrogens is 3. The van der Waals surface area contributed by atoms with E-state index in [1.54, 1.807) is 30.9 Å². The smallest absolute Gasteiger partial charge is 0.251 e. The molecule has 2 rings (SSSR count).